The zero-order valence-electron chi connectivity index (χ0n) is 13.2. The smallest absolute Gasteiger partial charge is 0.355 e. The second kappa shape index (κ2) is 7.88. The van der Waals surface area contributed by atoms with Gasteiger partial charge in [0.1, 0.15) is 5.70 Å². The lowest BCUT2D eigenvalue weighted by Gasteiger charge is -2.25. The first-order valence-electron chi connectivity index (χ1n) is 6.88. The number of esters is 2. The fourth-order valence-corrected chi connectivity index (χ4v) is 2.87. The molecular weight excluding hydrogens is 367 g/mol. The van der Waals surface area contributed by atoms with Gasteiger partial charge in [0.05, 0.1) is 47.2 Å². The predicted molar refractivity (Wildman–Crippen MR) is 93.0 cm³/mol. The average molecular weight is 379 g/mol. The third-order valence-corrected chi connectivity index (χ3v) is 3.85. The lowest BCUT2D eigenvalue weighted by molar-refractivity contribution is -0.139. The van der Waals surface area contributed by atoms with Crippen molar-refractivity contribution in [2.24, 2.45) is 0 Å². The van der Waals surface area contributed by atoms with Crippen LogP contribution >= 0.6 is 23.2 Å². The summed E-state index contributed by atoms with van der Waals surface area (Å²) in [5, 5.41) is 9.26. The van der Waals surface area contributed by atoms with E-state index in [2.05, 4.69) is 0 Å². The SMILES string of the molecule is COC(=O)C1=C(C(=O)OC)N(c2c(Cl)cc(C#N)cc2Cl)C=CC=C1. The molecule has 1 heterocycles. The minimum Gasteiger partial charge on any atom is -0.465 e. The first-order valence-corrected chi connectivity index (χ1v) is 7.64. The third-order valence-electron chi connectivity index (χ3n) is 3.28. The Morgan fingerprint density at radius 1 is 1.08 bits per heavy atom. The number of methoxy groups -OCH3 is 2. The van der Waals surface area contributed by atoms with Crippen molar-refractivity contribution in [2.45, 2.75) is 0 Å². The summed E-state index contributed by atoms with van der Waals surface area (Å²) in [6, 6.07) is 4.75. The number of ether oxygens (including phenoxy) is 2. The van der Waals surface area contributed by atoms with Gasteiger partial charge in [0, 0.05) is 6.20 Å². The molecule has 128 valence electrons. The summed E-state index contributed by atoms with van der Waals surface area (Å²) in [7, 11) is 2.38. The number of carbonyl (C=O) groups is 2. The third kappa shape index (κ3) is 3.68. The van der Waals surface area contributed by atoms with E-state index in [1.165, 1.54) is 43.5 Å². The van der Waals surface area contributed by atoms with Crippen molar-refractivity contribution in [3.05, 3.63) is 63.4 Å². The number of halogens is 2. The highest BCUT2D eigenvalue weighted by atomic mass is 35.5. The molecule has 0 N–H and O–H groups in total. The van der Waals surface area contributed by atoms with E-state index >= 15 is 0 Å². The van der Waals surface area contributed by atoms with Gasteiger partial charge in [-0.3, -0.25) is 0 Å². The van der Waals surface area contributed by atoms with Gasteiger partial charge in [0.2, 0.25) is 0 Å². The Kier molecular flexibility index (Phi) is 5.86. The number of carbonyl (C=O) groups excluding carboxylic acids is 2. The van der Waals surface area contributed by atoms with Crippen molar-refractivity contribution >= 4 is 40.8 Å². The lowest BCUT2D eigenvalue weighted by atomic mass is 10.1. The Bertz CT molecular complexity index is 843. The molecule has 0 amide bonds. The van der Waals surface area contributed by atoms with Gasteiger partial charge < -0.3 is 14.4 Å². The summed E-state index contributed by atoms with van der Waals surface area (Å²) in [5.74, 6) is -1.51. The molecule has 8 heteroatoms. The second-order valence-corrected chi connectivity index (χ2v) is 5.53. The molecule has 6 nitrogen and oxygen atoms in total. The van der Waals surface area contributed by atoms with Gasteiger partial charge in [-0.05, 0) is 24.3 Å². The van der Waals surface area contributed by atoms with Gasteiger partial charge in [0.15, 0.2) is 0 Å². The Balaban J connectivity index is 2.76. The highest BCUT2D eigenvalue weighted by Crippen LogP contribution is 2.38. The van der Waals surface area contributed by atoms with Crippen molar-refractivity contribution in [2.75, 3.05) is 19.1 Å². The lowest BCUT2D eigenvalue weighted by Crippen LogP contribution is -2.27. The van der Waals surface area contributed by atoms with Crippen LogP contribution in [0, 0.1) is 11.3 Å². The van der Waals surface area contributed by atoms with E-state index in [0.717, 1.165) is 0 Å². The maximum absolute atomic E-state index is 12.3. The molecule has 0 aliphatic carbocycles. The number of benzene rings is 1. The van der Waals surface area contributed by atoms with Gasteiger partial charge in [-0.2, -0.15) is 5.26 Å². The molecule has 0 atom stereocenters. The van der Waals surface area contributed by atoms with Crippen molar-refractivity contribution in [1.82, 2.24) is 0 Å². The largest absolute Gasteiger partial charge is 0.465 e. The van der Waals surface area contributed by atoms with Crippen LogP contribution in [0.4, 0.5) is 5.69 Å². The van der Waals surface area contributed by atoms with Gasteiger partial charge in [-0.25, -0.2) is 9.59 Å². The standard InChI is InChI=1S/C17H12Cl2N2O4/c1-24-16(22)11-5-3-4-6-21(14(11)17(23)25-2)15-12(18)7-10(9-20)8-13(15)19/h3-8H,1-2H3. The molecule has 0 unspecified atom stereocenters. The normalized spacial score (nSPS) is 13.3. The summed E-state index contributed by atoms with van der Waals surface area (Å²) in [6.07, 6.45) is 6.06. The van der Waals surface area contributed by atoms with Crippen LogP contribution in [-0.2, 0) is 19.1 Å². The molecule has 0 saturated carbocycles. The molecule has 25 heavy (non-hydrogen) atoms. The first kappa shape index (κ1) is 18.6. The van der Waals surface area contributed by atoms with Crippen LogP contribution in [0.5, 0.6) is 0 Å². The van der Waals surface area contributed by atoms with Crippen LogP contribution in [0.1, 0.15) is 5.56 Å². The van der Waals surface area contributed by atoms with Crippen molar-refractivity contribution in [1.29, 1.82) is 5.26 Å². The molecule has 0 saturated heterocycles. The molecule has 0 radical (unpaired) electrons. The molecule has 0 spiro atoms. The molecule has 1 aliphatic rings. The zero-order valence-corrected chi connectivity index (χ0v) is 14.8. The van der Waals surface area contributed by atoms with E-state index in [4.69, 9.17) is 37.9 Å². The van der Waals surface area contributed by atoms with E-state index in [0.29, 0.717) is 0 Å². The van der Waals surface area contributed by atoms with E-state index < -0.39 is 11.9 Å². The fraction of sp³-hybridized carbons (Fsp3) is 0.118. The van der Waals surface area contributed by atoms with Crippen LogP contribution in [0.25, 0.3) is 0 Å². The van der Waals surface area contributed by atoms with Crippen molar-refractivity contribution in [3.63, 3.8) is 0 Å². The molecule has 0 fully saturated rings. The molecule has 0 bridgehead atoms. The fourth-order valence-electron chi connectivity index (χ4n) is 2.20. The number of nitriles is 1. The van der Waals surface area contributed by atoms with Crippen LogP contribution < -0.4 is 4.90 Å². The molecular formula is C17H12Cl2N2O4. The maximum Gasteiger partial charge on any atom is 0.355 e. The summed E-state index contributed by atoms with van der Waals surface area (Å²) in [5.41, 5.74) is 0.334. The minimum atomic E-state index is -0.784. The monoisotopic (exact) mass is 378 g/mol. The van der Waals surface area contributed by atoms with E-state index in [9.17, 15) is 9.59 Å². The van der Waals surface area contributed by atoms with Gasteiger partial charge >= 0.3 is 11.9 Å². The number of hydrogen-bond acceptors (Lipinski definition) is 6. The molecule has 1 aliphatic heterocycles. The van der Waals surface area contributed by atoms with E-state index in [-0.39, 0.29) is 32.6 Å². The Morgan fingerprint density at radius 2 is 1.68 bits per heavy atom. The van der Waals surface area contributed by atoms with Crippen LogP contribution in [0.2, 0.25) is 10.0 Å². The first-order chi connectivity index (χ1) is 11.9. The number of rotatable bonds is 3. The molecule has 1 aromatic carbocycles. The number of hydrogen-bond donors (Lipinski definition) is 0. The van der Waals surface area contributed by atoms with Crippen LogP contribution in [-0.4, -0.2) is 26.2 Å². The quantitative estimate of drug-likeness (QED) is 0.750. The van der Waals surface area contributed by atoms with E-state index in [1.807, 2.05) is 6.07 Å². The predicted octanol–water partition coefficient (Wildman–Crippen LogP) is 3.36. The highest BCUT2D eigenvalue weighted by Gasteiger charge is 2.29. The number of nitrogens with zero attached hydrogens (tertiary/aromatic N) is 2. The minimum absolute atomic E-state index is 0.0316. The summed E-state index contributed by atoms with van der Waals surface area (Å²) in [6.45, 7) is 0. The zero-order chi connectivity index (χ0) is 18.6. The molecule has 2 rings (SSSR count). The number of allylic oxidation sites excluding steroid dienone is 2. The van der Waals surface area contributed by atoms with E-state index in [1.54, 1.807) is 12.2 Å². The van der Waals surface area contributed by atoms with Crippen LogP contribution in [0.3, 0.4) is 0 Å². The van der Waals surface area contributed by atoms with Crippen LogP contribution in [0.15, 0.2) is 47.8 Å². The topological polar surface area (TPSA) is 79.6 Å². The van der Waals surface area contributed by atoms with Gasteiger partial charge in [-0.15, -0.1) is 0 Å². The van der Waals surface area contributed by atoms with Crippen molar-refractivity contribution in [3.8, 4) is 6.07 Å². The summed E-state index contributed by atoms with van der Waals surface area (Å²) in [4.78, 5) is 25.8. The Hall–Kier alpha value is -2.75. The summed E-state index contributed by atoms with van der Waals surface area (Å²) >= 11 is 12.5. The van der Waals surface area contributed by atoms with Crippen molar-refractivity contribution < 1.29 is 19.1 Å². The molecule has 0 aromatic heterocycles. The van der Waals surface area contributed by atoms with Gasteiger partial charge in [-0.1, -0.05) is 29.3 Å². The summed E-state index contributed by atoms with van der Waals surface area (Å²) < 4.78 is 9.53. The van der Waals surface area contributed by atoms with Gasteiger partial charge in [0.25, 0.3) is 0 Å². The second-order valence-electron chi connectivity index (χ2n) is 4.72. The highest BCUT2D eigenvalue weighted by molar-refractivity contribution is 6.39. The maximum atomic E-state index is 12.3. The average Bonchev–Trinajstić information content (AvgIpc) is 2.82. The Morgan fingerprint density at radius 3 is 2.20 bits per heavy atom. The molecule has 1 aromatic rings. The number of anilines is 1. The Labute approximate surface area is 154 Å².